The lowest BCUT2D eigenvalue weighted by Gasteiger charge is -2.23. The normalized spacial score (nSPS) is 30.3. The number of hydrogen-bond acceptors (Lipinski definition) is 2. The predicted molar refractivity (Wildman–Crippen MR) is 73.7 cm³/mol. The first-order valence-electron chi connectivity index (χ1n) is 6.45. The minimum absolute atomic E-state index is 0.157. The standard InChI is InChI=1S/C14H20ClFN2/c1-10(15)3-2-4-13(16)12-7-8-18(14(12)17)9-11-5-6-11/h2-4,11-12,14H,1,5-9,17H2/b3-2-,13-4-. The molecule has 1 aliphatic carbocycles. The van der Waals surface area contributed by atoms with E-state index >= 15 is 0 Å². The van der Waals surface area contributed by atoms with Gasteiger partial charge in [0.1, 0.15) is 5.83 Å². The molecule has 0 radical (unpaired) electrons. The van der Waals surface area contributed by atoms with Gasteiger partial charge in [-0.05, 0) is 37.3 Å². The van der Waals surface area contributed by atoms with E-state index in [0.717, 1.165) is 25.4 Å². The van der Waals surface area contributed by atoms with Crippen molar-refractivity contribution in [1.29, 1.82) is 0 Å². The summed E-state index contributed by atoms with van der Waals surface area (Å²) >= 11 is 5.57. The smallest absolute Gasteiger partial charge is 0.106 e. The largest absolute Gasteiger partial charge is 0.315 e. The quantitative estimate of drug-likeness (QED) is 0.778. The van der Waals surface area contributed by atoms with Crippen molar-refractivity contribution in [3.8, 4) is 0 Å². The van der Waals surface area contributed by atoms with Gasteiger partial charge in [-0.15, -0.1) is 0 Å². The van der Waals surface area contributed by atoms with Crippen LogP contribution in [0.1, 0.15) is 19.3 Å². The fourth-order valence-corrected chi connectivity index (χ4v) is 2.47. The number of likely N-dealkylation sites (tertiary alicyclic amines) is 1. The molecule has 0 aromatic rings. The van der Waals surface area contributed by atoms with Gasteiger partial charge in [0.15, 0.2) is 0 Å². The third-order valence-electron chi connectivity index (χ3n) is 3.64. The molecule has 100 valence electrons. The fraction of sp³-hybridized carbons (Fsp3) is 0.571. The highest BCUT2D eigenvalue weighted by Gasteiger charge is 2.36. The average molecular weight is 271 g/mol. The highest BCUT2D eigenvalue weighted by molar-refractivity contribution is 6.30. The lowest BCUT2D eigenvalue weighted by Crippen LogP contribution is -2.41. The molecule has 2 aliphatic rings. The summed E-state index contributed by atoms with van der Waals surface area (Å²) in [7, 11) is 0. The molecule has 0 bridgehead atoms. The molecular formula is C14H20ClFN2. The molecule has 18 heavy (non-hydrogen) atoms. The molecule has 2 rings (SSSR count). The maximum atomic E-state index is 14.0. The molecule has 4 heteroatoms. The molecule has 0 aromatic carbocycles. The molecule has 2 fully saturated rings. The third kappa shape index (κ3) is 3.67. The number of hydrogen-bond donors (Lipinski definition) is 1. The summed E-state index contributed by atoms with van der Waals surface area (Å²) in [5.41, 5.74) is 6.11. The Kier molecular flexibility index (Phi) is 4.60. The Morgan fingerprint density at radius 2 is 2.17 bits per heavy atom. The highest BCUT2D eigenvalue weighted by Crippen LogP contribution is 2.34. The van der Waals surface area contributed by atoms with Gasteiger partial charge in [0.05, 0.1) is 6.17 Å². The summed E-state index contributed by atoms with van der Waals surface area (Å²) < 4.78 is 14.0. The highest BCUT2D eigenvalue weighted by atomic mass is 35.5. The van der Waals surface area contributed by atoms with Gasteiger partial charge in [0, 0.05) is 24.0 Å². The van der Waals surface area contributed by atoms with E-state index in [2.05, 4.69) is 11.5 Å². The van der Waals surface area contributed by atoms with Crippen molar-refractivity contribution in [2.75, 3.05) is 13.1 Å². The molecular weight excluding hydrogens is 251 g/mol. The Bertz CT molecular complexity index is 374. The van der Waals surface area contributed by atoms with Crippen LogP contribution in [0.2, 0.25) is 0 Å². The Hall–Kier alpha value is -0.640. The van der Waals surface area contributed by atoms with Gasteiger partial charge in [-0.2, -0.15) is 0 Å². The van der Waals surface area contributed by atoms with Gasteiger partial charge < -0.3 is 5.73 Å². The van der Waals surface area contributed by atoms with E-state index in [-0.39, 0.29) is 17.9 Å². The maximum absolute atomic E-state index is 14.0. The van der Waals surface area contributed by atoms with Crippen molar-refractivity contribution in [2.45, 2.75) is 25.4 Å². The van der Waals surface area contributed by atoms with Crippen LogP contribution in [0.25, 0.3) is 0 Å². The minimum Gasteiger partial charge on any atom is -0.315 e. The molecule has 2 nitrogen and oxygen atoms in total. The van der Waals surface area contributed by atoms with Crippen LogP contribution >= 0.6 is 11.6 Å². The van der Waals surface area contributed by atoms with E-state index in [9.17, 15) is 4.39 Å². The lowest BCUT2D eigenvalue weighted by atomic mass is 10.0. The molecule has 1 aliphatic heterocycles. The van der Waals surface area contributed by atoms with Crippen LogP contribution in [0.3, 0.4) is 0 Å². The van der Waals surface area contributed by atoms with Crippen molar-refractivity contribution < 1.29 is 4.39 Å². The number of rotatable bonds is 5. The number of halogens is 2. The Morgan fingerprint density at radius 3 is 2.78 bits per heavy atom. The topological polar surface area (TPSA) is 29.3 Å². The van der Waals surface area contributed by atoms with E-state index in [4.69, 9.17) is 17.3 Å². The molecule has 1 heterocycles. The van der Waals surface area contributed by atoms with Gasteiger partial charge in [-0.25, -0.2) is 4.39 Å². The van der Waals surface area contributed by atoms with E-state index in [0.29, 0.717) is 5.03 Å². The summed E-state index contributed by atoms with van der Waals surface area (Å²) in [6.07, 6.45) is 7.81. The molecule has 0 aromatic heterocycles. The summed E-state index contributed by atoms with van der Waals surface area (Å²) in [6, 6.07) is 0. The van der Waals surface area contributed by atoms with E-state index in [1.54, 1.807) is 12.2 Å². The van der Waals surface area contributed by atoms with Crippen molar-refractivity contribution in [3.63, 3.8) is 0 Å². The minimum atomic E-state index is -0.186. The predicted octanol–water partition coefficient (Wildman–Crippen LogP) is 3.17. The molecule has 1 saturated carbocycles. The molecule has 0 amide bonds. The second kappa shape index (κ2) is 6.00. The molecule has 0 spiro atoms. The Balaban J connectivity index is 1.90. The number of nitrogens with zero attached hydrogens (tertiary/aromatic N) is 1. The summed E-state index contributed by atoms with van der Waals surface area (Å²) in [4.78, 5) is 2.21. The van der Waals surface area contributed by atoms with Crippen LogP contribution in [0.5, 0.6) is 0 Å². The van der Waals surface area contributed by atoms with Crippen LogP contribution in [-0.4, -0.2) is 24.2 Å². The fourth-order valence-electron chi connectivity index (χ4n) is 2.39. The van der Waals surface area contributed by atoms with Crippen LogP contribution in [0.15, 0.2) is 35.7 Å². The Morgan fingerprint density at radius 1 is 1.44 bits per heavy atom. The van der Waals surface area contributed by atoms with Crippen LogP contribution < -0.4 is 5.73 Å². The van der Waals surface area contributed by atoms with Gasteiger partial charge in [0.25, 0.3) is 0 Å². The molecule has 2 unspecified atom stereocenters. The van der Waals surface area contributed by atoms with Crippen molar-refractivity contribution in [2.24, 2.45) is 17.6 Å². The first-order chi connectivity index (χ1) is 8.58. The second-order valence-electron chi connectivity index (χ2n) is 5.18. The van der Waals surface area contributed by atoms with Gasteiger partial charge in [-0.1, -0.05) is 24.3 Å². The summed E-state index contributed by atoms with van der Waals surface area (Å²) in [5, 5.41) is 0.394. The molecule has 1 saturated heterocycles. The summed E-state index contributed by atoms with van der Waals surface area (Å²) in [5.74, 6) is 0.452. The zero-order valence-electron chi connectivity index (χ0n) is 10.5. The maximum Gasteiger partial charge on any atom is 0.106 e. The van der Waals surface area contributed by atoms with Crippen LogP contribution in [-0.2, 0) is 0 Å². The second-order valence-corrected chi connectivity index (χ2v) is 5.67. The van der Waals surface area contributed by atoms with E-state index < -0.39 is 0 Å². The van der Waals surface area contributed by atoms with Crippen LogP contribution in [0, 0.1) is 11.8 Å². The zero-order chi connectivity index (χ0) is 13.1. The molecule has 2 atom stereocenters. The average Bonchev–Trinajstić information content (AvgIpc) is 3.03. The SMILES string of the molecule is C=C(Cl)/C=C\C=C(/F)C1CCN(CC2CC2)C1N. The third-order valence-corrected chi connectivity index (χ3v) is 3.76. The van der Waals surface area contributed by atoms with E-state index in [1.165, 1.54) is 18.9 Å². The van der Waals surface area contributed by atoms with Gasteiger partial charge >= 0.3 is 0 Å². The monoisotopic (exact) mass is 270 g/mol. The molecule has 2 N–H and O–H groups in total. The number of allylic oxidation sites excluding steroid dienone is 4. The first-order valence-corrected chi connectivity index (χ1v) is 6.83. The first kappa shape index (κ1) is 13.8. The van der Waals surface area contributed by atoms with Gasteiger partial charge in [-0.3, -0.25) is 4.90 Å². The van der Waals surface area contributed by atoms with Crippen molar-refractivity contribution >= 4 is 11.6 Å². The van der Waals surface area contributed by atoms with Crippen molar-refractivity contribution in [1.82, 2.24) is 4.90 Å². The van der Waals surface area contributed by atoms with Crippen LogP contribution in [0.4, 0.5) is 4.39 Å². The zero-order valence-corrected chi connectivity index (χ0v) is 11.2. The number of nitrogens with two attached hydrogens (primary N) is 1. The van der Waals surface area contributed by atoms with Gasteiger partial charge in [0.2, 0.25) is 0 Å². The van der Waals surface area contributed by atoms with E-state index in [1.807, 2.05) is 0 Å². The Labute approximate surface area is 113 Å². The summed E-state index contributed by atoms with van der Waals surface area (Å²) in [6.45, 7) is 5.44. The lowest BCUT2D eigenvalue weighted by molar-refractivity contribution is 0.223. The van der Waals surface area contributed by atoms with Crippen molar-refractivity contribution in [3.05, 3.63) is 35.7 Å².